The van der Waals surface area contributed by atoms with Crippen molar-refractivity contribution in [3.05, 3.63) is 77.4 Å². The highest BCUT2D eigenvalue weighted by Crippen LogP contribution is 2.23. The summed E-state index contributed by atoms with van der Waals surface area (Å²) in [4.78, 5) is 8.39. The van der Waals surface area contributed by atoms with Crippen LogP contribution in [0.4, 0.5) is 30.5 Å². The molecule has 0 aliphatic carbocycles. The number of nitrogens with one attached hydrogen (secondary N) is 2. The second-order valence-corrected chi connectivity index (χ2v) is 5.37. The molecule has 2 aromatic carbocycles. The van der Waals surface area contributed by atoms with Gasteiger partial charge in [-0.25, -0.2) is 23.1 Å². The molecule has 7 heteroatoms. The smallest absolute Gasteiger partial charge is 0.196 e. The van der Waals surface area contributed by atoms with Crippen molar-refractivity contribution in [2.45, 2.75) is 13.5 Å². The summed E-state index contributed by atoms with van der Waals surface area (Å²) < 4.78 is 40.1. The van der Waals surface area contributed by atoms with Crippen molar-refractivity contribution in [1.82, 2.24) is 9.97 Å². The fourth-order valence-electron chi connectivity index (χ4n) is 2.27. The van der Waals surface area contributed by atoms with Crippen LogP contribution in [0.1, 0.15) is 11.4 Å². The average molecular weight is 344 g/mol. The van der Waals surface area contributed by atoms with Crippen LogP contribution < -0.4 is 10.6 Å². The monoisotopic (exact) mass is 344 g/mol. The molecule has 1 heterocycles. The SMILES string of the molecule is Cc1nc(NCc2ccccc2)cc(Nc2ccc(F)c(F)c2F)n1. The summed E-state index contributed by atoms with van der Waals surface area (Å²) in [6.07, 6.45) is 0. The molecule has 4 nitrogen and oxygen atoms in total. The number of aryl methyl sites for hydroxylation is 1. The van der Waals surface area contributed by atoms with Crippen molar-refractivity contribution in [1.29, 1.82) is 0 Å². The third kappa shape index (κ3) is 4.06. The number of anilines is 3. The molecule has 1 aromatic heterocycles. The van der Waals surface area contributed by atoms with Gasteiger partial charge in [-0.2, -0.15) is 0 Å². The van der Waals surface area contributed by atoms with Gasteiger partial charge in [-0.05, 0) is 24.6 Å². The van der Waals surface area contributed by atoms with Gasteiger partial charge in [0.1, 0.15) is 17.5 Å². The average Bonchev–Trinajstić information content (AvgIpc) is 2.61. The standard InChI is InChI=1S/C18H15F3N4/c1-11-23-15(22-10-12-5-3-2-4-6-12)9-16(24-11)25-14-8-7-13(19)17(20)18(14)21/h2-9H,10H2,1H3,(H2,22,23,24,25). The van der Waals surface area contributed by atoms with Gasteiger partial charge in [-0.3, -0.25) is 0 Å². The van der Waals surface area contributed by atoms with Crippen molar-refractivity contribution in [3.8, 4) is 0 Å². The lowest BCUT2D eigenvalue weighted by molar-refractivity contribution is 0.449. The van der Waals surface area contributed by atoms with E-state index < -0.39 is 17.5 Å². The summed E-state index contributed by atoms with van der Waals surface area (Å²) in [6.45, 7) is 2.23. The topological polar surface area (TPSA) is 49.8 Å². The van der Waals surface area contributed by atoms with Crippen molar-refractivity contribution in [2.24, 2.45) is 0 Å². The van der Waals surface area contributed by atoms with E-state index in [0.29, 0.717) is 18.2 Å². The van der Waals surface area contributed by atoms with Crippen LogP contribution in [0.5, 0.6) is 0 Å². The molecule has 3 aromatic rings. The molecule has 0 amide bonds. The molecule has 0 saturated heterocycles. The van der Waals surface area contributed by atoms with E-state index in [4.69, 9.17) is 0 Å². The highest BCUT2D eigenvalue weighted by molar-refractivity contribution is 5.60. The predicted octanol–water partition coefficient (Wildman–Crippen LogP) is 4.56. The summed E-state index contributed by atoms with van der Waals surface area (Å²) in [6, 6.07) is 13.3. The lowest BCUT2D eigenvalue weighted by Gasteiger charge is -2.11. The minimum absolute atomic E-state index is 0.203. The van der Waals surface area contributed by atoms with Crippen LogP contribution in [0, 0.1) is 24.4 Å². The molecule has 0 atom stereocenters. The van der Waals surface area contributed by atoms with Crippen LogP contribution in [0.15, 0.2) is 48.5 Å². The van der Waals surface area contributed by atoms with Crippen LogP contribution in [-0.4, -0.2) is 9.97 Å². The third-order valence-electron chi connectivity index (χ3n) is 3.45. The molecule has 0 spiro atoms. The van der Waals surface area contributed by atoms with Crippen molar-refractivity contribution >= 4 is 17.3 Å². The Balaban J connectivity index is 1.79. The van der Waals surface area contributed by atoms with E-state index in [1.165, 1.54) is 0 Å². The summed E-state index contributed by atoms with van der Waals surface area (Å²) in [7, 11) is 0. The third-order valence-corrected chi connectivity index (χ3v) is 3.45. The lowest BCUT2D eigenvalue weighted by atomic mass is 10.2. The molecule has 0 aliphatic heterocycles. The van der Waals surface area contributed by atoms with Crippen LogP contribution in [0.3, 0.4) is 0 Å². The van der Waals surface area contributed by atoms with E-state index in [9.17, 15) is 13.2 Å². The zero-order valence-electron chi connectivity index (χ0n) is 13.4. The zero-order valence-corrected chi connectivity index (χ0v) is 13.4. The first-order chi connectivity index (χ1) is 12.0. The second kappa shape index (κ2) is 7.21. The molecule has 0 aliphatic rings. The summed E-state index contributed by atoms with van der Waals surface area (Å²) in [5, 5.41) is 5.79. The Morgan fingerprint density at radius 1 is 0.880 bits per heavy atom. The van der Waals surface area contributed by atoms with Crippen LogP contribution >= 0.6 is 0 Å². The highest BCUT2D eigenvalue weighted by atomic mass is 19.2. The quantitative estimate of drug-likeness (QED) is 0.666. The second-order valence-electron chi connectivity index (χ2n) is 5.37. The molecule has 0 unspecified atom stereocenters. The number of halogens is 3. The molecule has 128 valence electrons. The van der Waals surface area contributed by atoms with Gasteiger partial charge in [0.05, 0.1) is 5.69 Å². The Morgan fingerprint density at radius 2 is 1.60 bits per heavy atom. The van der Waals surface area contributed by atoms with Crippen molar-refractivity contribution in [3.63, 3.8) is 0 Å². The summed E-state index contributed by atoms with van der Waals surface area (Å²) in [5.41, 5.74) is 0.867. The van der Waals surface area contributed by atoms with Gasteiger partial charge >= 0.3 is 0 Å². The van der Waals surface area contributed by atoms with Gasteiger partial charge in [-0.15, -0.1) is 0 Å². The number of hydrogen-bond donors (Lipinski definition) is 2. The normalized spacial score (nSPS) is 10.6. The Bertz CT molecular complexity index is 885. The number of nitrogens with zero attached hydrogens (tertiary/aromatic N) is 2. The first-order valence-electron chi connectivity index (χ1n) is 7.57. The van der Waals surface area contributed by atoms with E-state index >= 15 is 0 Å². The molecule has 0 saturated carbocycles. The number of rotatable bonds is 5. The van der Waals surface area contributed by atoms with Gasteiger partial charge in [0, 0.05) is 12.6 Å². The van der Waals surface area contributed by atoms with E-state index in [0.717, 1.165) is 17.7 Å². The summed E-state index contributed by atoms with van der Waals surface area (Å²) >= 11 is 0. The van der Waals surface area contributed by atoms with E-state index in [1.807, 2.05) is 30.3 Å². The number of benzene rings is 2. The maximum absolute atomic E-state index is 13.8. The summed E-state index contributed by atoms with van der Waals surface area (Å²) in [5.74, 6) is -2.82. The number of hydrogen-bond acceptors (Lipinski definition) is 4. The minimum Gasteiger partial charge on any atom is -0.366 e. The first kappa shape index (κ1) is 16.8. The maximum Gasteiger partial charge on any atom is 0.196 e. The Labute approximate surface area is 142 Å². The lowest BCUT2D eigenvalue weighted by Crippen LogP contribution is -2.06. The molecule has 0 radical (unpaired) electrons. The van der Waals surface area contributed by atoms with Gasteiger partial charge in [-0.1, -0.05) is 30.3 Å². The molecule has 0 fully saturated rings. The van der Waals surface area contributed by atoms with Gasteiger partial charge in [0.25, 0.3) is 0 Å². The fourth-order valence-corrected chi connectivity index (χ4v) is 2.27. The van der Waals surface area contributed by atoms with Crippen molar-refractivity contribution < 1.29 is 13.2 Å². The molecular weight excluding hydrogens is 329 g/mol. The molecule has 25 heavy (non-hydrogen) atoms. The van der Waals surface area contributed by atoms with Gasteiger partial charge in [0.2, 0.25) is 0 Å². The first-order valence-corrected chi connectivity index (χ1v) is 7.57. The molecule has 0 bridgehead atoms. The van der Waals surface area contributed by atoms with E-state index in [1.54, 1.807) is 13.0 Å². The predicted molar refractivity (Wildman–Crippen MR) is 90.1 cm³/mol. The van der Waals surface area contributed by atoms with E-state index in [-0.39, 0.29) is 11.5 Å². The number of aromatic nitrogens is 2. The van der Waals surface area contributed by atoms with Gasteiger partial charge in [0.15, 0.2) is 17.5 Å². The van der Waals surface area contributed by atoms with Crippen LogP contribution in [-0.2, 0) is 6.54 Å². The highest BCUT2D eigenvalue weighted by Gasteiger charge is 2.14. The van der Waals surface area contributed by atoms with Crippen LogP contribution in [0.2, 0.25) is 0 Å². The maximum atomic E-state index is 13.8. The minimum atomic E-state index is -1.53. The van der Waals surface area contributed by atoms with Crippen LogP contribution in [0.25, 0.3) is 0 Å². The molecular formula is C18H15F3N4. The van der Waals surface area contributed by atoms with E-state index in [2.05, 4.69) is 20.6 Å². The zero-order chi connectivity index (χ0) is 17.8. The van der Waals surface area contributed by atoms with Gasteiger partial charge < -0.3 is 10.6 Å². The fraction of sp³-hybridized carbons (Fsp3) is 0.111. The van der Waals surface area contributed by atoms with Crippen molar-refractivity contribution in [2.75, 3.05) is 10.6 Å². The molecule has 3 rings (SSSR count). The Hall–Kier alpha value is -3.09. The largest absolute Gasteiger partial charge is 0.366 e. The Kier molecular flexibility index (Phi) is 4.83. The molecule has 2 N–H and O–H groups in total. The Morgan fingerprint density at radius 3 is 2.36 bits per heavy atom.